The highest BCUT2D eigenvalue weighted by atomic mass is 16.5. The van der Waals surface area contributed by atoms with Crippen LogP contribution in [0.25, 0.3) is 11.1 Å². The molecule has 0 radical (unpaired) electrons. The largest absolute Gasteiger partial charge is 0.493 e. The quantitative estimate of drug-likeness (QED) is 0.203. The number of nitrogens with zero attached hydrogens (tertiary/aromatic N) is 2. The summed E-state index contributed by atoms with van der Waals surface area (Å²) in [7, 11) is 0. The molecule has 3 aromatic carbocycles. The van der Waals surface area contributed by atoms with Crippen LogP contribution in [0.1, 0.15) is 47.2 Å². The maximum absolute atomic E-state index is 13.8. The zero-order valence-electron chi connectivity index (χ0n) is 22.0. The molecular weight excluding hydrogens is 488 g/mol. The van der Waals surface area contributed by atoms with Gasteiger partial charge in [-0.1, -0.05) is 66.7 Å². The Morgan fingerprint density at radius 2 is 1.54 bits per heavy atom. The van der Waals surface area contributed by atoms with Gasteiger partial charge in [0, 0.05) is 43.0 Å². The number of ketones is 1. The number of aliphatic hydroxyl groups excluding tert-OH is 1. The Morgan fingerprint density at radius 1 is 0.769 bits per heavy atom. The molecule has 0 aliphatic rings. The van der Waals surface area contributed by atoms with Crippen molar-refractivity contribution in [2.45, 2.75) is 38.8 Å². The van der Waals surface area contributed by atoms with Crippen molar-refractivity contribution in [3.05, 3.63) is 120 Å². The molecule has 0 aliphatic heterocycles. The van der Waals surface area contributed by atoms with Crippen LogP contribution in [0, 0.1) is 0 Å². The number of amides is 1. The monoisotopic (exact) mass is 522 g/mol. The summed E-state index contributed by atoms with van der Waals surface area (Å²) in [6.45, 7) is 1.00. The first-order valence-electron chi connectivity index (χ1n) is 13.3. The van der Waals surface area contributed by atoms with Gasteiger partial charge in [-0.2, -0.15) is 0 Å². The molecule has 6 heteroatoms. The molecule has 1 N–H and O–H groups in total. The summed E-state index contributed by atoms with van der Waals surface area (Å²) in [6.07, 6.45) is 6.34. The summed E-state index contributed by atoms with van der Waals surface area (Å²) < 4.78 is 6.09. The smallest absolute Gasteiger partial charge is 0.254 e. The molecule has 4 aromatic rings. The highest BCUT2D eigenvalue weighted by molar-refractivity contribution is 5.94. The van der Waals surface area contributed by atoms with Crippen molar-refractivity contribution in [2.24, 2.45) is 0 Å². The van der Waals surface area contributed by atoms with Gasteiger partial charge in [0.2, 0.25) is 0 Å². The van der Waals surface area contributed by atoms with Gasteiger partial charge in [-0.05, 0) is 60.2 Å². The number of carbonyl (C=O) groups excluding carboxylic acids is 2. The van der Waals surface area contributed by atoms with Gasteiger partial charge in [-0.15, -0.1) is 0 Å². The molecule has 0 bridgehead atoms. The van der Waals surface area contributed by atoms with Gasteiger partial charge < -0.3 is 14.7 Å². The Balaban J connectivity index is 1.46. The first kappa shape index (κ1) is 27.7. The molecule has 0 atom stereocenters. The number of hydrogen-bond donors (Lipinski definition) is 1. The van der Waals surface area contributed by atoms with E-state index in [1.807, 2.05) is 102 Å². The summed E-state index contributed by atoms with van der Waals surface area (Å²) >= 11 is 0. The fraction of sp³-hybridized carbons (Fsp3) is 0.242. The molecule has 1 heterocycles. The number of pyridine rings is 1. The molecule has 6 nitrogen and oxygen atoms in total. The first-order valence-corrected chi connectivity index (χ1v) is 13.3. The third-order valence-electron chi connectivity index (χ3n) is 6.50. The van der Waals surface area contributed by atoms with Gasteiger partial charge in [-0.25, -0.2) is 0 Å². The van der Waals surface area contributed by atoms with E-state index in [9.17, 15) is 9.59 Å². The maximum Gasteiger partial charge on any atom is 0.254 e. The molecule has 1 aromatic heterocycles. The van der Waals surface area contributed by atoms with Gasteiger partial charge in [0.05, 0.1) is 6.61 Å². The van der Waals surface area contributed by atoms with Crippen LogP contribution < -0.4 is 4.74 Å². The molecule has 0 unspecified atom stereocenters. The SMILES string of the molecule is O=C(CO)CCCCCOc1ccccc1CN(Cc1ccccc1)C(=O)c1ccc(-c2cccnc2)cc1. The van der Waals surface area contributed by atoms with Crippen LogP contribution >= 0.6 is 0 Å². The van der Waals surface area contributed by atoms with E-state index in [0.29, 0.717) is 31.7 Å². The van der Waals surface area contributed by atoms with Crippen molar-refractivity contribution >= 4 is 11.7 Å². The van der Waals surface area contributed by atoms with Gasteiger partial charge in [0.1, 0.15) is 12.4 Å². The molecule has 200 valence electrons. The van der Waals surface area contributed by atoms with Crippen molar-refractivity contribution in [1.82, 2.24) is 9.88 Å². The lowest BCUT2D eigenvalue weighted by Crippen LogP contribution is -2.30. The number of aromatic nitrogens is 1. The van der Waals surface area contributed by atoms with E-state index in [4.69, 9.17) is 9.84 Å². The molecular formula is C33H34N2O4. The van der Waals surface area contributed by atoms with Gasteiger partial charge >= 0.3 is 0 Å². The Bertz CT molecular complexity index is 1320. The van der Waals surface area contributed by atoms with Crippen LogP contribution in [-0.2, 0) is 17.9 Å². The average Bonchev–Trinajstić information content (AvgIpc) is 2.99. The molecule has 1 amide bonds. The molecule has 0 aliphatic carbocycles. The van der Waals surface area contributed by atoms with Crippen molar-refractivity contribution in [1.29, 1.82) is 0 Å². The third kappa shape index (κ3) is 8.35. The zero-order chi connectivity index (χ0) is 27.3. The number of aliphatic hydroxyl groups is 1. The van der Waals surface area contributed by atoms with E-state index in [1.165, 1.54) is 0 Å². The summed E-state index contributed by atoms with van der Waals surface area (Å²) in [5, 5.41) is 8.85. The first-order chi connectivity index (χ1) is 19.1. The average molecular weight is 523 g/mol. The van der Waals surface area contributed by atoms with Crippen molar-refractivity contribution in [3.8, 4) is 16.9 Å². The van der Waals surface area contributed by atoms with Gasteiger partial charge in [-0.3, -0.25) is 14.6 Å². The van der Waals surface area contributed by atoms with Crippen LogP contribution in [0.4, 0.5) is 0 Å². The van der Waals surface area contributed by atoms with E-state index in [-0.39, 0.29) is 11.7 Å². The van der Waals surface area contributed by atoms with E-state index >= 15 is 0 Å². The standard InChI is InChI=1S/C33H34N2O4/c36-25-31(37)14-5-2-8-21-39-32-15-7-6-12-30(32)24-35(23-26-10-3-1-4-11-26)33(38)28-18-16-27(17-19-28)29-13-9-20-34-22-29/h1,3-4,6-7,9-13,15-20,22,36H,2,5,8,14,21,23-25H2. The predicted molar refractivity (Wildman–Crippen MR) is 152 cm³/mol. The summed E-state index contributed by atoms with van der Waals surface area (Å²) in [4.78, 5) is 31.0. The minimum atomic E-state index is -0.392. The third-order valence-corrected chi connectivity index (χ3v) is 6.50. The molecule has 0 spiro atoms. The Hall–Kier alpha value is -4.29. The number of rotatable bonds is 14. The zero-order valence-corrected chi connectivity index (χ0v) is 22.0. The lowest BCUT2D eigenvalue weighted by molar-refractivity contribution is -0.121. The summed E-state index contributed by atoms with van der Waals surface area (Å²) in [6, 6.07) is 29.3. The Labute approximate surface area is 229 Å². The summed E-state index contributed by atoms with van der Waals surface area (Å²) in [5.74, 6) is 0.567. The second kappa shape index (κ2) is 14.6. The normalized spacial score (nSPS) is 10.7. The van der Waals surface area contributed by atoms with Crippen molar-refractivity contribution < 1.29 is 19.4 Å². The number of carbonyl (C=O) groups is 2. The molecule has 4 rings (SSSR count). The fourth-order valence-electron chi connectivity index (χ4n) is 4.37. The highest BCUT2D eigenvalue weighted by Gasteiger charge is 2.19. The predicted octanol–water partition coefficient (Wildman–Crippen LogP) is 6.09. The van der Waals surface area contributed by atoms with E-state index in [0.717, 1.165) is 47.3 Å². The highest BCUT2D eigenvalue weighted by Crippen LogP contribution is 2.24. The lowest BCUT2D eigenvalue weighted by atomic mass is 10.0. The minimum Gasteiger partial charge on any atom is -0.493 e. The lowest BCUT2D eigenvalue weighted by Gasteiger charge is -2.24. The second-order valence-corrected chi connectivity index (χ2v) is 9.43. The fourth-order valence-corrected chi connectivity index (χ4v) is 4.37. The number of hydrogen-bond acceptors (Lipinski definition) is 5. The molecule has 0 saturated heterocycles. The van der Waals surface area contributed by atoms with Gasteiger partial charge in [0.25, 0.3) is 5.91 Å². The molecule has 39 heavy (non-hydrogen) atoms. The van der Waals surface area contributed by atoms with Crippen LogP contribution in [0.2, 0.25) is 0 Å². The second-order valence-electron chi connectivity index (χ2n) is 9.43. The molecule has 0 saturated carbocycles. The number of para-hydroxylation sites is 1. The Kier molecular flexibility index (Phi) is 10.4. The van der Waals surface area contributed by atoms with Crippen molar-refractivity contribution in [2.75, 3.05) is 13.2 Å². The molecule has 0 fully saturated rings. The van der Waals surface area contributed by atoms with Crippen LogP contribution in [-0.4, -0.2) is 39.9 Å². The summed E-state index contributed by atoms with van der Waals surface area (Å²) in [5.41, 5.74) is 4.62. The van der Waals surface area contributed by atoms with Crippen molar-refractivity contribution in [3.63, 3.8) is 0 Å². The Morgan fingerprint density at radius 3 is 2.28 bits per heavy atom. The van der Waals surface area contributed by atoms with E-state index in [2.05, 4.69) is 4.98 Å². The maximum atomic E-state index is 13.8. The van der Waals surface area contributed by atoms with Crippen LogP contribution in [0.5, 0.6) is 5.75 Å². The minimum absolute atomic E-state index is 0.0556. The topological polar surface area (TPSA) is 79.7 Å². The van der Waals surface area contributed by atoms with Crippen LogP contribution in [0.3, 0.4) is 0 Å². The number of benzene rings is 3. The van der Waals surface area contributed by atoms with E-state index < -0.39 is 6.61 Å². The number of unbranched alkanes of at least 4 members (excludes halogenated alkanes) is 2. The van der Waals surface area contributed by atoms with Crippen LogP contribution in [0.15, 0.2) is 103 Å². The number of Topliss-reactive ketones (excluding diaryl/α,β-unsaturated/α-hetero) is 1. The van der Waals surface area contributed by atoms with Gasteiger partial charge in [0.15, 0.2) is 5.78 Å². The number of ether oxygens (including phenoxy) is 1. The van der Waals surface area contributed by atoms with E-state index in [1.54, 1.807) is 6.20 Å².